The van der Waals surface area contributed by atoms with Gasteiger partial charge < -0.3 is 15.8 Å². The molecule has 3 N–H and O–H groups in total. The first-order chi connectivity index (χ1) is 8.58. The fourth-order valence-electron chi connectivity index (χ4n) is 1.50. The van der Waals surface area contributed by atoms with Crippen molar-refractivity contribution in [3.8, 4) is 0 Å². The van der Waals surface area contributed by atoms with Crippen molar-refractivity contribution in [2.45, 2.75) is 39.7 Å². The van der Waals surface area contributed by atoms with Crippen molar-refractivity contribution < 1.29 is 9.53 Å². The molecule has 0 heterocycles. The lowest BCUT2D eigenvalue weighted by atomic mass is 10.1. The largest absolute Gasteiger partial charge is 0.462 e. The average Bonchev–Trinajstić information content (AvgIpc) is 2.37. The second kappa shape index (κ2) is 6.89. The first-order valence-electron chi connectivity index (χ1n) is 6.41. The zero-order valence-corrected chi connectivity index (χ0v) is 11.3. The summed E-state index contributed by atoms with van der Waals surface area (Å²) in [7, 11) is 0. The van der Waals surface area contributed by atoms with Gasteiger partial charge in [-0.1, -0.05) is 13.8 Å². The SMILES string of the molecule is CCCOC(=O)c1cc(N)ccc1N[C@H](C)CC. The maximum atomic E-state index is 11.9. The highest BCUT2D eigenvalue weighted by Gasteiger charge is 2.14. The molecule has 0 aliphatic rings. The quantitative estimate of drug-likeness (QED) is 0.601. The summed E-state index contributed by atoms with van der Waals surface area (Å²) >= 11 is 0. The van der Waals surface area contributed by atoms with Gasteiger partial charge in [0.1, 0.15) is 0 Å². The first kappa shape index (κ1) is 14.4. The molecule has 0 aliphatic carbocycles. The van der Waals surface area contributed by atoms with E-state index in [4.69, 9.17) is 10.5 Å². The van der Waals surface area contributed by atoms with Crippen LogP contribution in [-0.2, 0) is 4.74 Å². The van der Waals surface area contributed by atoms with E-state index in [0.717, 1.165) is 18.5 Å². The van der Waals surface area contributed by atoms with E-state index in [1.165, 1.54) is 0 Å². The zero-order valence-electron chi connectivity index (χ0n) is 11.3. The van der Waals surface area contributed by atoms with E-state index in [9.17, 15) is 4.79 Å². The highest BCUT2D eigenvalue weighted by molar-refractivity contribution is 5.96. The van der Waals surface area contributed by atoms with E-state index >= 15 is 0 Å². The Kier molecular flexibility index (Phi) is 5.49. The molecule has 0 amide bonds. The van der Waals surface area contributed by atoms with Crippen LogP contribution in [0, 0.1) is 0 Å². The van der Waals surface area contributed by atoms with E-state index in [1.54, 1.807) is 12.1 Å². The molecule has 0 fully saturated rings. The fraction of sp³-hybridized carbons (Fsp3) is 0.500. The van der Waals surface area contributed by atoms with Gasteiger partial charge in [0.05, 0.1) is 12.2 Å². The molecule has 0 spiro atoms. The Morgan fingerprint density at radius 3 is 2.78 bits per heavy atom. The Hall–Kier alpha value is -1.71. The molecule has 1 atom stereocenters. The summed E-state index contributed by atoms with van der Waals surface area (Å²) in [6, 6.07) is 5.56. The number of carbonyl (C=O) groups is 1. The van der Waals surface area contributed by atoms with Gasteiger partial charge in [-0.3, -0.25) is 0 Å². The Morgan fingerprint density at radius 1 is 1.44 bits per heavy atom. The Morgan fingerprint density at radius 2 is 2.17 bits per heavy atom. The lowest BCUT2D eigenvalue weighted by molar-refractivity contribution is 0.0506. The van der Waals surface area contributed by atoms with Gasteiger partial charge in [-0.15, -0.1) is 0 Å². The van der Waals surface area contributed by atoms with Crippen molar-refractivity contribution in [1.29, 1.82) is 0 Å². The molecular formula is C14H22N2O2. The first-order valence-corrected chi connectivity index (χ1v) is 6.41. The third kappa shape index (κ3) is 3.95. The minimum Gasteiger partial charge on any atom is -0.462 e. The Labute approximate surface area is 109 Å². The number of rotatable bonds is 6. The molecule has 0 saturated heterocycles. The molecule has 1 rings (SSSR count). The minimum absolute atomic E-state index is 0.298. The van der Waals surface area contributed by atoms with Crippen LogP contribution in [-0.4, -0.2) is 18.6 Å². The molecule has 0 saturated carbocycles. The van der Waals surface area contributed by atoms with E-state index < -0.39 is 0 Å². The van der Waals surface area contributed by atoms with Crippen molar-refractivity contribution in [2.24, 2.45) is 0 Å². The molecule has 0 radical (unpaired) electrons. The number of hydrogen-bond donors (Lipinski definition) is 2. The van der Waals surface area contributed by atoms with Gasteiger partial charge >= 0.3 is 5.97 Å². The van der Waals surface area contributed by atoms with Crippen LogP contribution in [0.25, 0.3) is 0 Å². The van der Waals surface area contributed by atoms with Crippen LogP contribution in [0.4, 0.5) is 11.4 Å². The normalized spacial score (nSPS) is 11.9. The van der Waals surface area contributed by atoms with Crippen LogP contribution in [0.1, 0.15) is 44.0 Å². The topological polar surface area (TPSA) is 64.3 Å². The summed E-state index contributed by atoms with van der Waals surface area (Å²) in [6.07, 6.45) is 1.79. The molecule has 1 aromatic carbocycles. The molecule has 0 bridgehead atoms. The van der Waals surface area contributed by atoms with Crippen LogP contribution in [0.3, 0.4) is 0 Å². The number of nitrogens with two attached hydrogens (primary N) is 1. The Balaban J connectivity index is 2.92. The summed E-state index contributed by atoms with van der Waals surface area (Å²) in [6.45, 7) is 6.54. The van der Waals surface area contributed by atoms with Crippen molar-refractivity contribution in [1.82, 2.24) is 0 Å². The number of nitrogen functional groups attached to an aromatic ring is 1. The molecule has 4 heteroatoms. The van der Waals surface area contributed by atoms with Gasteiger partial charge in [0, 0.05) is 17.4 Å². The molecule has 0 aliphatic heterocycles. The van der Waals surface area contributed by atoms with E-state index in [-0.39, 0.29) is 5.97 Å². The molecule has 0 unspecified atom stereocenters. The van der Waals surface area contributed by atoms with E-state index in [0.29, 0.717) is 23.9 Å². The third-order valence-electron chi connectivity index (χ3n) is 2.72. The maximum Gasteiger partial charge on any atom is 0.340 e. The van der Waals surface area contributed by atoms with Crippen LogP contribution < -0.4 is 11.1 Å². The zero-order chi connectivity index (χ0) is 13.5. The Bertz CT molecular complexity index is 405. The second-order valence-corrected chi connectivity index (χ2v) is 4.39. The van der Waals surface area contributed by atoms with Gasteiger partial charge in [-0.2, -0.15) is 0 Å². The number of benzene rings is 1. The van der Waals surface area contributed by atoms with Crippen LogP contribution in [0.5, 0.6) is 0 Å². The molecule has 1 aromatic rings. The van der Waals surface area contributed by atoms with E-state index in [1.807, 2.05) is 13.0 Å². The van der Waals surface area contributed by atoms with E-state index in [2.05, 4.69) is 19.2 Å². The maximum absolute atomic E-state index is 11.9. The van der Waals surface area contributed by atoms with Crippen LogP contribution >= 0.6 is 0 Å². The lowest BCUT2D eigenvalue weighted by Gasteiger charge is -2.16. The number of anilines is 2. The van der Waals surface area contributed by atoms with Gasteiger partial charge in [0.15, 0.2) is 0 Å². The second-order valence-electron chi connectivity index (χ2n) is 4.39. The summed E-state index contributed by atoms with van der Waals surface area (Å²) in [5, 5.41) is 3.29. The summed E-state index contributed by atoms with van der Waals surface area (Å²) in [5.74, 6) is -0.324. The summed E-state index contributed by atoms with van der Waals surface area (Å²) in [5.41, 5.74) is 7.57. The molecule has 18 heavy (non-hydrogen) atoms. The van der Waals surface area contributed by atoms with Crippen molar-refractivity contribution in [2.75, 3.05) is 17.7 Å². The highest BCUT2D eigenvalue weighted by Crippen LogP contribution is 2.21. The molecule has 4 nitrogen and oxygen atoms in total. The molecule has 100 valence electrons. The number of hydrogen-bond acceptors (Lipinski definition) is 4. The van der Waals surface area contributed by atoms with Crippen molar-refractivity contribution in [3.05, 3.63) is 23.8 Å². The van der Waals surface area contributed by atoms with Crippen LogP contribution in [0.15, 0.2) is 18.2 Å². The predicted molar refractivity (Wildman–Crippen MR) is 74.8 cm³/mol. The van der Waals surface area contributed by atoms with Crippen molar-refractivity contribution in [3.63, 3.8) is 0 Å². The van der Waals surface area contributed by atoms with Gasteiger partial charge in [-0.05, 0) is 38.0 Å². The van der Waals surface area contributed by atoms with Gasteiger partial charge in [0.2, 0.25) is 0 Å². The minimum atomic E-state index is -0.324. The monoisotopic (exact) mass is 250 g/mol. The van der Waals surface area contributed by atoms with Gasteiger partial charge in [-0.25, -0.2) is 4.79 Å². The summed E-state index contributed by atoms with van der Waals surface area (Å²) in [4.78, 5) is 11.9. The predicted octanol–water partition coefficient (Wildman–Crippen LogP) is 3.05. The lowest BCUT2D eigenvalue weighted by Crippen LogP contribution is -2.17. The fourth-order valence-corrected chi connectivity index (χ4v) is 1.50. The third-order valence-corrected chi connectivity index (χ3v) is 2.72. The number of nitrogens with one attached hydrogen (secondary N) is 1. The number of esters is 1. The molecule has 0 aromatic heterocycles. The average molecular weight is 250 g/mol. The number of ether oxygens (including phenoxy) is 1. The highest BCUT2D eigenvalue weighted by atomic mass is 16.5. The van der Waals surface area contributed by atoms with Crippen molar-refractivity contribution >= 4 is 17.3 Å². The van der Waals surface area contributed by atoms with Gasteiger partial charge in [0.25, 0.3) is 0 Å². The standard InChI is InChI=1S/C14H22N2O2/c1-4-8-18-14(17)12-9-11(15)6-7-13(12)16-10(3)5-2/h6-7,9-10,16H,4-5,8,15H2,1-3H3/t10-/m1/s1. The smallest absolute Gasteiger partial charge is 0.340 e. The summed E-state index contributed by atoms with van der Waals surface area (Å²) < 4.78 is 5.15. The van der Waals surface area contributed by atoms with Crippen LogP contribution in [0.2, 0.25) is 0 Å². The molecular weight excluding hydrogens is 228 g/mol. The number of carbonyl (C=O) groups excluding carboxylic acids is 1.